The average Bonchev–Trinajstić information content (AvgIpc) is 1.60. The Morgan fingerprint density at radius 3 is 1.90 bits per heavy atom. The van der Waals surface area contributed by atoms with Crippen LogP contribution < -0.4 is 0 Å². The Balaban J connectivity index is 3.81. The van der Waals surface area contributed by atoms with Gasteiger partial charge in [-0.05, 0) is 20.8 Å². The van der Waals surface area contributed by atoms with Gasteiger partial charge in [-0.2, -0.15) is 2.95 Å². The summed E-state index contributed by atoms with van der Waals surface area (Å²) in [5.74, 6) is 0. The molecule has 0 aliphatic rings. The number of rotatable bonds is 0. The number of carbonyl (C=O) groups excluding carboxylic acids is 1. The number of nitrogens with zero attached hydrogens (tertiary/aromatic N) is 1. The SMILES string of the molecule is CC(C)(C)OC(=O)N(Br)Br. The maximum absolute atomic E-state index is 10.8. The highest BCUT2D eigenvalue weighted by atomic mass is 79.9. The van der Waals surface area contributed by atoms with Crippen molar-refractivity contribution in [2.45, 2.75) is 26.4 Å². The van der Waals surface area contributed by atoms with E-state index in [2.05, 4.69) is 32.3 Å². The second-order valence-electron chi connectivity index (χ2n) is 2.71. The summed E-state index contributed by atoms with van der Waals surface area (Å²) in [6, 6.07) is 0. The third-order valence-electron chi connectivity index (χ3n) is 0.532. The lowest BCUT2D eigenvalue weighted by Gasteiger charge is -2.20. The smallest absolute Gasteiger partial charge is 0.430 e. The molecule has 3 nitrogen and oxygen atoms in total. The molecule has 0 atom stereocenters. The number of hydrogen-bond acceptors (Lipinski definition) is 2. The number of halogens is 2. The van der Waals surface area contributed by atoms with Crippen LogP contribution in [0, 0.1) is 0 Å². The predicted octanol–water partition coefficient (Wildman–Crippen LogP) is 2.84. The number of hydrogen-bond donors (Lipinski definition) is 0. The molecule has 0 heterocycles. The first-order valence-electron chi connectivity index (χ1n) is 2.67. The molecule has 0 saturated carbocycles. The Kier molecular flexibility index (Phi) is 3.65. The third-order valence-corrected chi connectivity index (χ3v) is 1.11. The van der Waals surface area contributed by atoms with E-state index in [1.165, 1.54) is 0 Å². The van der Waals surface area contributed by atoms with Gasteiger partial charge in [-0.15, -0.1) is 0 Å². The maximum Gasteiger partial charge on any atom is 0.430 e. The minimum absolute atomic E-state index is 0.448. The van der Waals surface area contributed by atoms with Gasteiger partial charge in [0.25, 0.3) is 0 Å². The first-order chi connectivity index (χ1) is 4.33. The lowest BCUT2D eigenvalue weighted by atomic mass is 10.2. The fourth-order valence-electron chi connectivity index (χ4n) is 0.296. The normalized spacial score (nSPS) is 10.9. The molecule has 0 aromatic rings. The van der Waals surface area contributed by atoms with Crippen molar-refractivity contribution in [1.82, 2.24) is 2.95 Å². The van der Waals surface area contributed by atoms with E-state index in [0.29, 0.717) is 0 Å². The molecule has 0 unspecified atom stereocenters. The van der Waals surface area contributed by atoms with Gasteiger partial charge in [-0.25, -0.2) is 4.79 Å². The van der Waals surface area contributed by atoms with Crippen molar-refractivity contribution in [3.8, 4) is 0 Å². The molecular formula is C5H9Br2NO2. The van der Waals surface area contributed by atoms with Crippen molar-refractivity contribution >= 4 is 38.4 Å². The molecule has 0 aromatic heterocycles. The monoisotopic (exact) mass is 273 g/mol. The summed E-state index contributed by atoms with van der Waals surface area (Å²) in [6.07, 6.45) is -0.465. The lowest BCUT2D eigenvalue weighted by molar-refractivity contribution is 0.0507. The van der Waals surface area contributed by atoms with E-state index in [4.69, 9.17) is 4.74 Å². The summed E-state index contributed by atoms with van der Waals surface area (Å²) in [6.45, 7) is 5.40. The summed E-state index contributed by atoms with van der Waals surface area (Å²) in [4.78, 5) is 10.8. The first-order valence-corrected chi connectivity index (χ1v) is 4.09. The van der Waals surface area contributed by atoms with Crippen LogP contribution in [0.1, 0.15) is 20.8 Å². The summed E-state index contributed by atoms with van der Waals surface area (Å²) in [5, 5.41) is 0. The highest BCUT2D eigenvalue weighted by Gasteiger charge is 2.18. The van der Waals surface area contributed by atoms with E-state index < -0.39 is 11.7 Å². The van der Waals surface area contributed by atoms with Gasteiger partial charge < -0.3 is 4.74 Å². The third kappa shape index (κ3) is 5.05. The maximum atomic E-state index is 10.8. The molecule has 0 N–H and O–H groups in total. The zero-order valence-electron chi connectivity index (χ0n) is 6.02. The average molecular weight is 275 g/mol. The molecule has 0 aliphatic heterocycles. The van der Waals surface area contributed by atoms with Crippen molar-refractivity contribution in [2.24, 2.45) is 0 Å². The van der Waals surface area contributed by atoms with Crippen molar-refractivity contribution < 1.29 is 9.53 Å². The number of ether oxygens (including phenoxy) is 1. The molecule has 0 saturated heterocycles. The zero-order valence-corrected chi connectivity index (χ0v) is 9.19. The van der Waals surface area contributed by atoms with E-state index in [-0.39, 0.29) is 0 Å². The van der Waals surface area contributed by atoms with Gasteiger partial charge in [0.15, 0.2) is 0 Å². The van der Waals surface area contributed by atoms with Gasteiger partial charge in [-0.3, -0.25) is 0 Å². The van der Waals surface area contributed by atoms with Crippen molar-refractivity contribution in [3.05, 3.63) is 0 Å². The highest BCUT2D eigenvalue weighted by molar-refractivity contribution is 9.21. The molecule has 0 bridgehead atoms. The summed E-state index contributed by atoms with van der Waals surface area (Å²) < 4.78 is 5.93. The summed E-state index contributed by atoms with van der Waals surface area (Å²) >= 11 is 5.74. The minimum atomic E-state index is -0.465. The predicted molar refractivity (Wildman–Crippen MR) is 45.9 cm³/mol. The zero-order chi connectivity index (χ0) is 8.36. The second kappa shape index (κ2) is 3.57. The molecule has 0 aromatic carbocycles. The van der Waals surface area contributed by atoms with Gasteiger partial charge in [0.2, 0.25) is 0 Å². The van der Waals surface area contributed by atoms with Crippen molar-refractivity contribution in [3.63, 3.8) is 0 Å². The summed E-state index contributed by atoms with van der Waals surface area (Å²) in [5.41, 5.74) is -0.448. The Morgan fingerprint density at radius 1 is 1.40 bits per heavy atom. The largest absolute Gasteiger partial charge is 0.443 e. The summed E-state index contributed by atoms with van der Waals surface area (Å²) in [7, 11) is 0. The van der Waals surface area contributed by atoms with Crippen LogP contribution in [0.25, 0.3) is 0 Å². The molecule has 0 aliphatic carbocycles. The van der Waals surface area contributed by atoms with Gasteiger partial charge in [0.05, 0.1) is 32.3 Å². The van der Waals surface area contributed by atoms with E-state index in [9.17, 15) is 4.79 Å². The molecule has 1 amide bonds. The lowest BCUT2D eigenvalue weighted by Crippen LogP contribution is -2.26. The molecular weight excluding hydrogens is 266 g/mol. The van der Waals surface area contributed by atoms with E-state index >= 15 is 0 Å². The van der Waals surface area contributed by atoms with Crippen LogP contribution in [0.5, 0.6) is 0 Å². The quantitative estimate of drug-likeness (QED) is 0.636. The second-order valence-corrected chi connectivity index (χ2v) is 5.08. The Bertz CT molecular complexity index is 130. The molecule has 5 heteroatoms. The van der Waals surface area contributed by atoms with Crippen LogP contribution in [0.15, 0.2) is 0 Å². The van der Waals surface area contributed by atoms with Gasteiger partial charge in [0, 0.05) is 0 Å². The standard InChI is InChI=1S/C5H9Br2NO2/c1-5(2,3)10-4(9)8(6)7/h1-3H3. The van der Waals surface area contributed by atoms with Crippen molar-refractivity contribution in [1.29, 1.82) is 0 Å². The first kappa shape index (κ1) is 10.2. The van der Waals surface area contributed by atoms with Gasteiger partial charge in [0.1, 0.15) is 5.60 Å². The minimum Gasteiger partial charge on any atom is -0.443 e. The molecule has 0 spiro atoms. The Hall–Kier alpha value is 0.230. The molecule has 0 rings (SSSR count). The van der Waals surface area contributed by atoms with Crippen LogP contribution >= 0.6 is 32.3 Å². The van der Waals surface area contributed by atoms with E-state index in [1.807, 2.05) is 0 Å². The van der Waals surface area contributed by atoms with Crippen molar-refractivity contribution in [2.75, 3.05) is 0 Å². The molecule has 0 fully saturated rings. The molecule has 0 radical (unpaired) electrons. The van der Waals surface area contributed by atoms with Crippen LogP contribution in [-0.4, -0.2) is 14.6 Å². The topological polar surface area (TPSA) is 29.5 Å². The molecule has 10 heavy (non-hydrogen) atoms. The fourth-order valence-corrected chi connectivity index (χ4v) is 0.441. The Morgan fingerprint density at radius 2 is 1.80 bits per heavy atom. The number of amides is 1. The van der Waals surface area contributed by atoms with Crippen LogP contribution in [-0.2, 0) is 4.74 Å². The Labute approximate surface area is 77.4 Å². The number of carbonyl (C=O) groups is 1. The van der Waals surface area contributed by atoms with Gasteiger partial charge in [-0.1, -0.05) is 0 Å². The van der Waals surface area contributed by atoms with Gasteiger partial charge >= 0.3 is 6.09 Å². The van der Waals surface area contributed by atoms with Crippen LogP contribution in [0.3, 0.4) is 0 Å². The van der Waals surface area contributed by atoms with E-state index in [1.54, 1.807) is 20.8 Å². The molecule has 60 valence electrons. The fraction of sp³-hybridized carbons (Fsp3) is 0.800. The van der Waals surface area contributed by atoms with E-state index in [0.717, 1.165) is 2.95 Å². The van der Waals surface area contributed by atoms with Crippen LogP contribution in [0.2, 0.25) is 0 Å². The highest BCUT2D eigenvalue weighted by Crippen LogP contribution is 2.14. The van der Waals surface area contributed by atoms with Crippen LogP contribution in [0.4, 0.5) is 4.79 Å².